The van der Waals surface area contributed by atoms with Crippen LogP contribution in [0.25, 0.3) is 0 Å². The first kappa shape index (κ1) is 15.9. The molecule has 0 aliphatic heterocycles. The molecule has 0 saturated carbocycles. The van der Waals surface area contributed by atoms with Crippen LogP contribution in [0.4, 0.5) is 13.2 Å². The molecule has 19 heavy (non-hydrogen) atoms. The Bertz CT molecular complexity index is 564. The summed E-state index contributed by atoms with van der Waals surface area (Å²) in [4.78, 5) is -1.24. The van der Waals surface area contributed by atoms with Gasteiger partial charge < -0.3 is 5.11 Å². The first-order valence-corrected chi connectivity index (χ1v) is 6.72. The number of halogens is 3. The molecular weight excluding hydrogens is 283 g/mol. The van der Waals surface area contributed by atoms with Crippen LogP contribution >= 0.6 is 0 Å². The van der Waals surface area contributed by atoms with Crippen LogP contribution in [0.3, 0.4) is 0 Å². The van der Waals surface area contributed by atoms with Gasteiger partial charge in [0.1, 0.15) is 17.5 Å². The third-order valence-corrected chi connectivity index (χ3v) is 4.94. The van der Waals surface area contributed by atoms with Gasteiger partial charge in [0.15, 0.2) is 4.90 Å². The average molecular weight is 297 g/mol. The van der Waals surface area contributed by atoms with Gasteiger partial charge in [-0.3, -0.25) is 0 Å². The van der Waals surface area contributed by atoms with Crippen LogP contribution in [-0.2, 0) is 10.0 Å². The molecule has 8 heteroatoms. The van der Waals surface area contributed by atoms with Crippen molar-refractivity contribution >= 4 is 10.0 Å². The molecular formula is C11H14F3NO3S. The molecule has 0 bridgehead atoms. The molecule has 0 spiro atoms. The lowest BCUT2D eigenvalue weighted by molar-refractivity contribution is 0.137. The van der Waals surface area contributed by atoms with Gasteiger partial charge in [-0.25, -0.2) is 21.6 Å². The Morgan fingerprint density at radius 3 is 2.00 bits per heavy atom. The van der Waals surface area contributed by atoms with Gasteiger partial charge in [0.05, 0.1) is 12.1 Å². The van der Waals surface area contributed by atoms with Crippen molar-refractivity contribution in [2.75, 3.05) is 13.7 Å². The fourth-order valence-corrected chi connectivity index (χ4v) is 2.93. The average Bonchev–Trinajstić information content (AvgIpc) is 2.26. The number of aliphatic hydroxyl groups is 1. The molecule has 1 aromatic carbocycles. The number of rotatable bonds is 4. The van der Waals surface area contributed by atoms with Crippen molar-refractivity contribution in [1.82, 2.24) is 4.31 Å². The third kappa shape index (κ3) is 2.90. The van der Waals surface area contributed by atoms with Crippen LogP contribution in [0.5, 0.6) is 0 Å². The zero-order valence-electron chi connectivity index (χ0n) is 10.6. The predicted molar refractivity (Wildman–Crippen MR) is 62.4 cm³/mol. The number of hydrogen-bond acceptors (Lipinski definition) is 3. The van der Waals surface area contributed by atoms with E-state index in [0.717, 1.165) is 7.05 Å². The highest BCUT2D eigenvalue weighted by Crippen LogP contribution is 2.27. The van der Waals surface area contributed by atoms with E-state index in [1.807, 2.05) is 0 Å². The molecule has 0 aromatic heterocycles. The Hall–Kier alpha value is -1.12. The quantitative estimate of drug-likeness (QED) is 0.916. The highest BCUT2D eigenvalue weighted by atomic mass is 32.2. The lowest BCUT2D eigenvalue weighted by atomic mass is 10.1. The molecule has 1 N–H and O–H groups in total. The van der Waals surface area contributed by atoms with E-state index in [2.05, 4.69) is 0 Å². The summed E-state index contributed by atoms with van der Waals surface area (Å²) in [5.41, 5.74) is -1.26. The first-order chi connectivity index (χ1) is 8.54. The lowest BCUT2D eigenvalue weighted by Crippen LogP contribution is -2.47. The van der Waals surface area contributed by atoms with Crippen LogP contribution in [0.15, 0.2) is 17.0 Å². The standard InChI is InChI=1S/C11H14F3NO3S/c1-11(2,6-16)15(3)19(17,18)10-8(13)4-7(12)5-9(10)14/h4-5,16H,6H2,1-3H3. The van der Waals surface area contributed by atoms with Gasteiger partial charge in [-0.15, -0.1) is 0 Å². The lowest BCUT2D eigenvalue weighted by Gasteiger charge is -2.32. The normalized spacial score (nSPS) is 13.1. The van der Waals surface area contributed by atoms with Crippen molar-refractivity contribution in [3.05, 3.63) is 29.6 Å². The zero-order valence-corrected chi connectivity index (χ0v) is 11.4. The molecule has 0 saturated heterocycles. The fraction of sp³-hybridized carbons (Fsp3) is 0.455. The Labute approximate surface area is 109 Å². The van der Waals surface area contributed by atoms with E-state index in [4.69, 9.17) is 5.11 Å². The van der Waals surface area contributed by atoms with E-state index in [0.29, 0.717) is 4.31 Å². The minimum absolute atomic E-state index is 0.287. The van der Waals surface area contributed by atoms with Crippen LogP contribution in [0.2, 0.25) is 0 Å². The van der Waals surface area contributed by atoms with Crippen molar-refractivity contribution < 1.29 is 26.7 Å². The summed E-state index contributed by atoms with van der Waals surface area (Å²) in [6.07, 6.45) is 0. The molecule has 0 unspecified atom stereocenters. The molecule has 108 valence electrons. The maximum atomic E-state index is 13.5. The van der Waals surface area contributed by atoms with Crippen molar-refractivity contribution in [2.45, 2.75) is 24.3 Å². The van der Waals surface area contributed by atoms with E-state index < -0.39 is 44.5 Å². The monoisotopic (exact) mass is 297 g/mol. The molecule has 4 nitrogen and oxygen atoms in total. The second kappa shape index (κ2) is 5.10. The van der Waals surface area contributed by atoms with Crippen LogP contribution in [0, 0.1) is 17.5 Å². The summed E-state index contributed by atoms with van der Waals surface area (Å²) in [6, 6.07) is 0.575. The second-order valence-corrected chi connectivity index (χ2v) is 6.55. The number of benzene rings is 1. The van der Waals surface area contributed by atoms with Crippen molar-refractivity contribution in [3.63, 3.8) is 0 Å². The van der Waals surface area contributed by atoms with E-state index >= 15 is 0 Å². The smallest absolute Gasteiger partial charge is 0.249 e. The SMILES string of the molecule is CN(C(C)(C)CO)S(=O)(=O)c1c(F)cc(F)cc1F. The van der Waals surface area contributed by atoms with Gasteiger partial charge in [-0.1, -0.05) is 0 Å². The second-order valence-electron chi connectivity index (χ2n) is 4.64. The molecule has 0 amide bonds. The molecule has 0 atom stereocenters. The van der Waals surface area contributed by atoms with Gasteiger partial charge in [0.25, 0.3) is 0 Å². The summed E-state index contributed by atoms with van der Waals surface area (Å²) >= 11 is 0. The summed E-state index contributed by atoms with van der Waals surface area (Å²) in [6.45, 7) is 2.21. The predicted octanol–water partition coefficient (Wildman–Crippen LogP) is 1.50. The van der Waals surface area contributed by atoms with E-state index in [9.17, 15) is 21.6 Å². The maximum Gasteiger partial charge on any atom is 0.249 e. The Kier molecular flexibility index (Phi) is 4.28. The van der Waals surface area contributed by atoms with Crippen LogP contribution in [-0.4, -0.2) is 37.0 Å². The topological polar surface area (TPSA) is 57.6 Å². The molecule has 0 heterocycles. The van der Waals surface area contributed by atoms with Crippen LogP contribution < -0.4 is 0 Å². The maximum absolute atomic E-state index is 13.5. The molecule has 0 aliphatic carbocycles. The van der Waals surface area contributed by atoms with Gasteiger partial charge in [-0.2, -0.15) is 4.31 Å². The molecule has 0 radical (unpaired) electrons. The molecule has 1 rings (SSSR count). The van der Waals surface area contributed by atoms with Crippen molar-refractivity contribution in [3.8, 4) is 0 Å². The van der Waals surface area contributed by atoms with Gasteiger partial charge in [0.2, 0.25) is 10.0 Å². The van der Waals surface area contributed by atoms with Gasteiger partial charge in [-0.05, 0) is 13.8 Å². The zero-order chi connectivity index (χ0) is 15.0. The minimum Gasteiger partial charge on any atom is -0.394 e. The fourth-order valence-electron chi connectivity index (χ4n) is 1.34. The van der Waals surface area contributed by atoms with E-state index in [-0.39, 0.29) is 12.1 Å². The van der Waals surface area contributed by atoms with Crippen molar-refractivity contribution in [2.24, 2.45) is 0 Å². The molecule has 1 aromatic rings. The Morgan fingerprint density at radius 1 is 1.21 bits per heavy atom. The summed E-state index contributed by atoms with van der Waals surface area (Å²) in [5, 5.41) is 9.10. The number of nitrogens with zero attached hydrogens (tertiary/aromatic N) is 1. The molecule has 0 aliphatic rings. The third-order valence-electron chi connectivity index (χ3n) is 2.82. The number of sulfonamides is 1. The number of hydrogen-bond donors (Lipinski definition) is 1. The number of likely N-dealkylation sites (N-methyl/N-ethyl adjacent to an activating group) is 1. The van der Waals surface area contributed by atoms with Gasteiger partial charge in [0, 0.05) is 19.2 Å². The van der Waals surface area contributed by atoms with Crippen LogP contribution in [0.1, 0.15) is 13.8 Å². The summed E-state index contributed by atoms with van der Waals surface area (Å²) in [5.74, 6) is -4.24. The number of aliphatic hydroxyl groups excluding tert-OH is 1. The van der Waals surface area contributed by atoms with E-state index in [1.54, 1.807) is 0 Å². The highest BCUT2D eigenvalue weighted by Gasteiger charge is 2.37. The highest BCUT2D eigenvalue weighted by molar-refractivity contribution is 7.89. The first-order valence-electron chi connectivity index (χ1n) is 5.28. The van der Waals surface area contributed by atoms with E-state index in [1.165, 1.54) is 13.8 Å². The van der Waals surface area contributed by atoms with Gasteiger partial charge >= 0.3 is 0 Å². The summed E-state index contributed by atoms with van der Waals surface area (Å²) < 4.78 is 64.6. The Morgan fingerprint density at radius 2 is 1.63 bits per heavy atom. The van der Waals surface area contributed by atoms with Crippen molar-refractivity contribution in [1.29, 1.82) is 0 Å². The Balaban J connectivity index is 3.45. The molecule has 0 fully saturated rings. The minimum atomic E-state index is -4.53. The largest absolute Gasteiger partial charge is 0.394 e. The summed E-state index contributed by atoms with van der Waals surface area (Å²) in [7, 11) is -3.45.